The van der Waals surface area contributed by atoms with Crippen molar-refractivity contribution < 1.29 is 14.7 Å². The van der Waals surface area contributed by atoms with Crippen LogP contribution >= 0.6 is 0 Å². The molecule has 1 aromatic rings. The van der Waals surface area contributed by atoms with Crippen molar-refractivity contribution >= 4 is 11.8 Å². The van der Waals surface area contributed by atoms with Crippen molar-refractivity contribution in [3.63, 3.8) is 0 Å². The maximum Gasteiger partial charge on any atom is 0.311 e. The molecule has 1 aromatic carbocycles. The van der Waals surface area contributed by atoms with Gasteiger partial charge in [-0.15, -0.1) is 0 Å². The van der Waals surface area contributed by atoms with E-state index in [0.717, 1.165) is 5.56 Å². The molecule has 3 heteroatoms. The maximum atomic E-state index is 11.6. The third-order valence-corrected chi connectivity index (χ3v) is 3.20. The molecular formula is C14H14O3. The summed E-state index contributed by atoms with van der Waals surface area (Å²) in [5.41, 5.74) is 1.56. The van der Waals surface area contributed by atoms with Crippen LogP contribution in [0, 0.1) is 5.92 Å². The Hall–Kier alpha value is -1.90. The largest absolute Gasteiger partial charge is 0.481 e. The van der Waals surface area contributed by atoms with Gasteiger partial charge in [0.2, 0.25) is 0 Å². The molecule has 1 aliphatic rings. The molecule has 0 fully saturated rings. The van der Waals surface area contributed by atoms with Crippen molar-refractivity contribution in [1.29, 1.82) is 0 Å². The highest BCUT2D eigenvalue weighted by atomic mass is 16.4. The molecule has 2 atom stereocenters. The number of carbonyl (C=O) groups excluding carboxylic acids is 1. The van der Waals surface area contributed by atoms with E-state index in [1.807, 2.05) is 30.3 Å². The zero-order valence-electron chi connectivity index (χ0n) is 9.59. The van der Waals surface area contributed by atoms with E-state index < -0.39 is 11.9 Å². The minimum atomic E-state index is -0.861. The number of hydrogen-bond acceptors (Lipinski definition) is 2. The Morgan fingerprint density at radius 3 is 2.53 bits per heavy atom. The van der Waals surface area contributed by atoms with Crippen molar-refractivity contribution in [2.24, 2.45) is 5.92 Å². The Kier molecular flexibility index (Phi) is 3.09. The first kappa shape index (κ1) is 11.6. The van der Waals surface area contributed by atoms with Gasteiger partial charge in [-0.05, 0) is 18.6 Å². The minimum Gasteiger partial charge on any atom is -0.481 e. The molecule has 0 spiro atoms. The topological polar surface area (TPSA) is 54.4 Å². The number of allylic oxidation sites excluding steroid dienone is 1. The lowest BCUT2D eigenvalue weighted by Gasteiger charge is -2.27. The highest BCUT2D eigenvalue weighted by molar-refractivity contribution is 5.94. The Balaban J connectivity index is 2.42. The summed E-state index contributed by atoms with van der Waals surface area (Å²) >= 11 is 0. The monoisotopic (exact) mass is 230 g/mol. The number of carbonyl (C=O) groups is 2. The van der Waals surface area contributed by atoms with Gasteiger partial charge in [0.05, 0.1) is 5.92 Å². The smallest absolute Gasteiger partial charge is 0.311 e. The lowest BCUT2D eigenvalue weighted by Crippen LogP contribution is -2.28. The van der Waals surface area contributed by atoms with Crippen LogP contribution in [0.25, 0.3) is 0 Å². The molecule has 2 rings (SSSR count). The van der Waals surface area contributed by atoms with Crippen molar-refractivity contribution in [3.8, 4) is 0 Å². The number of aliphatic carboxylic acids is 1. The van der Waals surface area contributed by atoms with E-state index in [4.69, 9.17) is 0 Å². The molecule has 1 N–H and O–H groups in total. The van der Waals surface area contributed by atoms with E-state index in [2.05, 4.69) is 0 Å². The average molecular weight is 230 g/mol. The van der Waals surface area contributed by atoms with Crippen LogP contribution in [-0.2, 0) is 9.59 Å². The number of hydrogen-bond donors (Lipinski definition) is 1. The summed E-state index contributed by atoms with van der Waals surface area (Å²) < 4.78 is 0. The van der Waals surface area contributed by atoms with Gasteiger partial charge in [-0.2, -0.15) is 0 Å². The maximum absolute atomic E-state index is 11.6. The molecule has 0 aliphatic heterocycles. The Bertz CT molecular complexity index is 474. The predicted molar refractivity (Wildman–Crippen MR) is 63.7 cm³/mol. The van der Waals surface area contributed by atoms with E-state index in [1.54, 1.807) is 6.92 Å². The van der Waals surface area contributed by atoms with Crippen molar-refractivity contribution in [1.82, 2.24) is 0 Å². The van der Waals surface area contributed by atoms with Crippen LogP contribution in [0.5, 0.6) is 0 Å². The first-order valence-corrected chi connectivity index (χ1v) is 5.58. The molecule has 0 saturated carbocycles. The number of carboxylic acid groups (broad SMARTS) is 1. The third-order valence-electron chi connectivity index (χ3n) is 3.20. The number of ketones is 1. The van der Waals surface area contributed by atoms with Gasteiger partial charge in [0.1, 0.15) is 0 Å². The second-order valence-electron chi connectivity index (χ2n) is 4.39. The van der Waals surface area contributed by atoms with E-state index in [9.17, 15) is 14.7 Å². The van der Waals surface area contributed by atoms with E-state index in [0.29, 0.717) is 5.57 Å². The quantitative estimate of drug-likeness (QED) is 0.848. The fourth-order valence-electron chi connectivity index (χ4n) is 2.43. The van der Waals surface area contributed by atoms with Crippen LogP contribution < -0.4 is 0 Å². The molecule has 0 aromatic heterocycles. The Labute approximate surface area is 99.8 Å². The summed E-state index contributed by atoms with van der Waals surface area (Å²) in [6.07, 6.45) is 1.73. The summed E-state index contributed by atoms with van der Waals surface area (Å²) in [7, 11) is 0. The molecule has 17 heavy (non-hydrogen) atoms. The summed E-state index contributed by atoms with van der Waals surface area (Å²) in [5.74, 6) is -1.68. The highest BCUT2D eigenvalue weighted by Crippen LogP contribution is 2.36. The van der Waals surface area contributed by atoms with E-state index in [-0.39, 0.29) is 18.1 Å². The zero-order valence-corrected chi connectivity index (χ0v) is 9.59. The van der Waals surface area contributed by atoms with Gasteiger partial charge in [-0.1, -0.05) is 35.9 Å². The van der Waals surface area contributed by atoms with Gasteiger partial charge in [0, 0.05) is 12.3 Å². The summed E-state index contributed by atoms with van der Waals surface area (Å²) in [5, 5.41) is 9.27. The molecule has 0 radical (unpaired) electrons. The fraction of sp³-hybridized carbons (Fsp3) is 0.286. The van der Waals surface area contributed by atoms with Crippen LogP contribution in [-0.4, -0.2) is 16.9 Å². The lowest BCUT2D eigenvalue weighted by atomic mass is 9.75. The molecule has 0 heterocycles. The van der Waals surface area contributed by atoms with Gasteiger partial charge >= 0.3 is 5.97 Å². The number of rotatable bonds is 2. The van der Waals surface area contributed by atoms with Gasteiger partial charge in [-0.3, -0.25) is 9.59 Å². The molecule has 0 saturated heterocycles. The predicted octanol–water partition coefficient (Wildman–Crippen LogP) is 2.39. The zero-order chi connectivity index (χ0) is 12.4. The molecule has 2 unspecified atom stereocenters. The normalized spacial score (nSPS) is 24.3. The van der Waals surface area contributed by atoms with Crippen LogP contribution in [0.1, 0.15) is 24.8 Å². The molecule has 3 nitrogen and oxygen atoms in total. The molecule has 0 bridgehead atoms. The van der Waals surface area contributed by atoms with Crippen LogP contribution in [0.4, 0.5) is 0 Å². The molecule has 88 valence electrons. The van der Waals surface area contributed by atoms with Gasteiger partial charge < -0.3 is 5.11 Å². The van der Waals surface area contributed by atoms with Crippen molar-refractivity contribution in [2.45, 2.75) is 19.3 Å². The Morgan fingerprint density at radius 1 is 1.29 bits per heavy atom. The fourth-order valence-corrected chi connectivity index (χ4v) is 2.43. The average Bonchev–Trinajstić information content (AvgIpc) is 2.28. The summed E-state index contributed by atoms with van der Waals surface area (Å²) in [4.78, 5) is 22.9. The standard InChI is InChI=1S/C14H14O3/c1-9-7-11(15)8-12(13(9)14(16)17)10-5-3-2-4-6-10/h2-7,12-13H,8H2,1H3,(H,16,17). The minimum absolute atomic E-state index is 0.00820. The van der Waals surface area contributed by atoms with Gasteiger partial charge in [0.25, 0.3) is 0 Å². The van der Waals surface area contributed by atoms with E-state index in [1.165, 1.54) is 6.08 Å². The van der Waals surface area contributed by atoms with Crippen LogP contribution in [0.3, 0.4) is 0 Å². The summed E-state index contributed by atoms with van der Waals surface area (Å²) in [6.45, 7) is 1.71. The first-order valence-electron chi connectivity index (χ1n) is 5.58. The van der Waals surface area contributed by atoms with Crippen molar-refractivity contribution in [2.75, 3.05) is 0 Å². The van der Waals surface area contributed by atoms with E-state index >= 15 is 0 Å². The summed E-state index contributed by atoms with van der Waals surface area (Å²) in [6, 6.07) is 9.38. The molecular weight excluding hydrogens is 216 g/mol. The first-order chi connectivity index (χ1) is 8.09. The van der Waals surface area contributed by atoms with Crippen molar-refractivity contribution in [3.05, 3.63) is 47.5 Å². The Morgan fingerprint density at radius 2 is 1.94 bits per heavy atom. The van der Waals surface area contributed by atoms with Crippen LogP contribution in [0.2, 0.25) is 0 Å². The number of carboxylic acids is 1. The van der Waals surface area contributed by atoms with Gasteiger partial charge in [0.15, 0.2) is 5.78 Å². The third kappa shape index (κ3) is 2.28. The molecule has 0 amide bonds. The second-order valence-corrected chi connectivity index (χ2v) is 4.39. The second kappa shape index (κ2) is 4.53. The number of benzene rings is 1. The van der Waals surface area contributed by atoms with Gasteiger partial charge in [-0.25, -0.2) is 0 Å². The lowest BCUT2D eigenvalue weighted by molar-refractivity contribution is -0.141. The molecule has 1 aliphatic carbocycles. The van der Waals surface area contributed by atoms with Crippen LogP contribution in [0.15, 0.2) is 42.0 Å². The highest BCUT2D eigenvalue weighted by Gasteiger charge is 2.35. The SMILES string of the molecule is CC1=CC(=O)CC(c2ccccc2)C1C(=O)O.